The molecule has 0 saturated heterocycles. The van der Waals surface area contributed by atoms with Crippen molar-refractivity contribution in [3.05, 3.63) is 82.2 Å². The lowest BCUT2D eigenvalue weighted by Crippen LogP contribution is -2.18. The highest BCUT2D eigenvalue weighted by atomic mass is 16.5. The number of esters is 1. The number of aromatic nitrogens is 4. The van der Waals surface area contributed by atoms with Gasteiger partial charge < -0.3 is 36.1 Å². The summed E-state index contributed by atoms with van der Waals surface area (Å²) >= 11 is 0. The third kappa shape index (κ3) is 6.19. The minimum Gasteiger partial charge on any atom is -0.497 e. The zero-order valence-electron chi connectivity index (χ0n) is 21.7. The Morgan fingerprint density at radius 3 is 2.67 bits per heavy atom. The Morgan fingerprint density at radius 2 is 2.00 bits per heavy atom. The van der Waals surface area contributed by atoms with E-state index in [2.05, 4.69) is 20.4 Å². The summed E-state index contributed by atoms with van der Waals surface area (Å²) in [4.78, 5) is 31.8. The lowest BCUT2D eigenvalue weighted by atomic mass is 10.0. The minimum absolute atomic E-state index is 0.0399. The summed E-state index contributed by atoms with van der Waals surface area (Å²) < 4.78 is 17.5. The molecule has 208 valence electrons. The fourth-order valence-electron chi connectivity index (χ4n) is 3.84. The number of anilines is 2. The van der Waals surface area contributed by atoms with Crippen molar-refractivity contribution in [1.82, 2.24) is 19.7 Å². The SMILES string of the molecule is COc1cc(OCCO)cc(C(Nc2ccc(C(=N)N)cc2OC(C)=O)c2nn(-c3ncccc3N)c(=O)[nH]2)c1. The van der Waals surface area contributed by atoms with Crippen LogP contribution in [-0.4, -0.2) is 57.0 Å². The molecular formula is C26H28N8O6. The molecule has 0 saturated carbocycles. The van der Waals surface area contributed by atoms with Crippen LogP contribution in [0.2, 0.25) is 0 Å². The minimum atomic E-state index is -0.872. The Morgan fingerprint density at radius 1 is 1.23 bits per heavy atom. The maximum atomic E-state index is 13.0. The predicted molar refractivity (Wildman–Crippen MR) is 146 cm³/mol. The van der Waals surface area contributed by atoms with Crippen molar-refractivity contribution in [2.75, 3.05) is 31.4 Å². The third-order valence-electron chi connectivity index (χ3n) is 5.60. The van der Waals surface area contributed by atoms with E-state index in [0.29, 0.717) is 28.3 Å². The van der Waals surface area contributed by atoms with Crippen LogP contribution in [0, 0.1) is 5.41 Å². The van der Waals surface area contributed by atoms with Crippen molar-refractivity contribution >= 4 is 23.2 Å². The number of hydrogen-bond donors (Lipinski definition) is 6. The number of methoxy groups -OCH3 is 1. The highest BCUT2D eigenvalue weighted by Gasteiger charge is 2.24. The Kier molecular flexibility index (Phi) is 8.30. The summed E-state index contributed by atoms with van der Waals surface area (Å²) in [5.41, 5.74) is 12.5. The number of nitrogens with zero attached hydrogens (tertiary/aromatic N) is 3. The van der Waals surface area contributed by atoms with Gasteiger partial charge in [-0.15, -0.1) is 5.10 Å². The molecule has 0 radical (unpaired) electrons. The monoisotopic (exact) mass is 548 g/mol. The van der Waals surface area contributed by atoms with Gasteiger partial charge in [-0.1, -0.05) is 0 Å². The number of benzene rings is 2. The first-order chi connectivity index (χ1) is 19.2. The van der Waals surface area contributed by atoms with Crippen molar-refractivity contribution in [3.63, 3.8) is 0 Å². The predicted octanol–water partition coefficient (Wildman–Crippen LogP) is 1.33. The molecule has 1 atom stereocenters. The molecule has 14 nitrogen and oxygen atoms in total. The molecule has 2 heterocycles. The van der Waals surface area contributed by atoms with Gasteiger partial charge in [0.2, 0.25) is 0 Å². The zero-order chi connectivity index (χ0) is 28.8. The Labute approximate surface area is 228 Å². The summed E-state index contributed by atoms with van der Waals surface area (Å²) in [6, 6.07) is 12.0. The van der Waals surface area contributed by atoms with Crippen LogP contribution in [-0.2, 0) is 4.79 Å². The van der Waals surface area contributed by atoms with Gasteiger partial charge in [-0.25, -0.2) is 9.78 Å². The normalized spacial score (nSPS) is 11.5. The van der Waals surface area contributed by atoms with E-state index in [-0.39, 0.29) is 42.1 Å². The molecular weight excluding hydrogens is 520 g/mol. The van der Waals surface area contributed by atoms with Crippen LogP contribution in [0.3, 0.4) is 0 Å². The van der Waals surface area contributed by atoms with Gasteiger partial charge in [0.15, 0.2) is 17.4 Å². The molecule has 0 aliphatic rings. The van der Waals surface area contributed by atoms with Crippen LogP contribution >= 0.6 is 0 Å². The second-order valence-electron chi connectivity index (χ2n) is 8.45. The summed E-state index contributed by atoms with van der Waals surface area (Å²) in [6.07, 6.45) is 1.48. The van der Waals surface area contributed by atoms with Gasteiger partial charge in [0.1, 0.15) is 30.0 Å². The molecule has 0 spiro atoms. The van der Waals surface area contributed by atoms with E-state index in [0.717, 1.165) is 4.68 Å². The van der Waals surface area contributed by atoms with Gasteiger partial charge in [0.05, 0.1) is 25.1 Å². The average molecular weight is 549 g/mol. The first-order valence-electron chi connectivity index (χ1n) is 12.0. The van der Waals surface area contributed by atoms with Crippen LogP contribution in [0.4, 0.5) is 11.4 Å². The zero-order valence-corrected chi connectivity index (χ0v) is 21.7. The van der Waals surface area contributed by atoms with Crippen LogP contribution in [0.5, 0.6) is 17.2 Å². The van der Waals surface area contributed by atoms with Crippen molar-refractivity contribution < 1.29 is 24.1 Å². The molecule has 0 amide bonds. The smallest absolute Gasteiger partial charge is 0.349 e. The van der Waals surface area contributed by atoms with Gasteiger partial charge in [-0.2, -0.15) is 4.68 Å². The first kappa shape index (κ1) is 27.7. The fourth-order valence-corrected chi connectivity index (χ4v) is 3.84. The molecule has 2 aromatic carbocycles. The maximum absolute atomic E-state index is 13.0. The van der Waals surface area contributed by atoms with Gasteiger partial charge in [0, 0.05) is 24.8 Å². The van der Waals surface area contributed by atoms with Crippen LogP contribution in [0.25, 0.3) is 5.82 Å². The van der Waals surface area contributed by atoms with Gasteiger partial charge in [-0.05, 0) is 48.0 Å². The van der Waals surface area contributed by atoms with E-state index < -0.39 is 17.7 Å². The molecule has 1 unspecified atom stereocenters. The molecule has 0 bridgehead atoms. The number of aliphatic hydroxyl groups excluding tert-OH is 1. The average Bonchev–Trinajstić information content (AvgIpc) is 3.31. The van der Waals surface area contributed by atoms with E-state index in [1.165, 1.54) is 26.3 Å². The highest BCUT2D eigenvalue weighted by Crippen LogP contribution is 2.35. The summed E-state index contributed by atoms with van der Waals surface area (Å²) in [6.45, 7) is 1.08. The van der Waals surface area contributed by atoms with E-state index in [4.69, 9.17) is 31.1 Å². The van der Waals surface area contributed by atoms with Crippen LogP contribution in [0.1, 0.15) is 29.9 Å². The number of ether oxygens (including phenoxy) is 3. The molecule has 4 rings (SSSR count). The largest absolute Gasteiger partial charge is 0.497 e. The second kappa shape index (κ2) is 12.0. The third-order valence-corrected chi connectivity index (χ3v) is 5.60. The molecule has 2 aromatic heterocycles. The number of aromatic amines is 1. The van der Waals surface area contributed by atoms with Crippen molar-refractivity contribution in [3.8, 4) is 23.1 Å². The molecule has 0 aliphatic heterocycles. The lowest BCUT2D eigenvalue weighted by molar-refractivity contribution is -0.131. The molecule has 0 fully saturated rings. The Balaban J connectivity index is 1.88. The topological polar surface area (TPSA) is 216 Å². The number of carbonyl (C=O) groups is 1. The molecule has 40 heavy (non-hydrogen) atoms. The molecule has 0 aliphatic carbocycles. The van der Waals surface area contributed by atoms with E-state index in [9.17, 15) is 14.7 Å². The number of rotatable bonds is 11. The van der Waals surface area contributed by atoms with Gasteiger partial charge >= 0.3 is 11.7 Å². The molecule has 4 aromatic rings. The number of pyridine rings is 1. The fraction of sp³-hybridized carbons (Fsp3) is 0.192. The summed E-state index contributed by atoms with van der Waals surface area (Å²) in [5, 5.41) is 24.7. The number of aliphatic hydroxyl groups is 1. The van der Waals surface area contributed by atoms with Crippen molar-refractivity contribution in [2.45, 2.75) is 13.0 Å². The van der Waals surface area contributed by atoms with Crippen LogP contribution in [0.15, 0.2) is 59.5 Å². The van der Waals surface area contributed by atoms with Crippen molar-refractivity contribution in [1.29, 1.82) is 5.41 Å². The van der Waals surface area contributed by atoms with Crippen molar-refractivity contribution in [2.24, 2.45) is 5.73 Å². The maximum Gasteiger partial charge on any atom is 0.349 e. The number of amidine groups is 1. The van der Waals surface area contributed by atoms with E-state index in [1.807, 2.05) is 0 Å². The van der Waals surface area contributed by atoms with E-state index >= 15 is 0 Å². The highest BCUT2D eigenvalue weighted by molar-refractivity contribution is 5.96. The number of nitrogens with two attached hydrogens (primary N) is 2. The standard InChI is InChI=1S/C26H28N8O6/c1-14(36)40-21-12-15(23(28)29)5-6-20(21)31-22(16-10-17(38-2)13-18(11-16)39-9-8-35)24-32-26(37)34(33-24)25-19(27)4-3-7-30-25/h3-7,10-13,22,31,35H,8-9,27H2,1-2H3,(H3,28,29)(H,32,33,37). The number of nitrogen functional groups attached to an aromatic ring is 2. The summed E-state index contributed by atoms with van der Waals surface area (Å²) in [5.74, 6) is 0.396. The lowest BCUT2D eigenvalue weighted by Gasteiger charge is -2.21. The number of carbonyl (C=O) groups excluding carboxylic acids is 1. The second-order valence-corrected chi connectivity index (χ2v) is 8.45. The summed E-state index contributed by atoms with van der Waals surface area (Å²) in [7, 11) is 1.48. The number of nitrogens with one attached hydrogen (secondary N) is 3. The molecule has 8 N–H and O–H groups in total. The Hall–Kier alpha value is -5.37. The molecule has 14 heteroatoms. The number of H-pyrrole nitrogens is 1. The quantitative estimate of drug-likeness (QED) is 0.0680. The van der Waals surface area contributed by atoms with Crippen LogP contribution < -0.4 is 36.7 Å². The van der Waals surface area contributed by atoms with Gasteiger partial charge in [-0.3, -0.25) is 15.2 Å². The van der Waals surface area contributed by atoms with E-state index in [1.54, 1.807) is 42.5 Å². The van der Waals surface area contributed by atoms with Gasteiger partial charge in [0.25, 0.3) is 0 Å². The number of hydrogen-bond acceptors (Lipinski definition) is 11. The Bertz CT molecular complexity index is 1600. The first-order valence-corrected chi connectivity index (χ1v) is 12.0.